The molecule has 5 nitrogen and oxygen atoms in total. The van der Waals surface area contributed by atoms with Gasteiger partial charge in [-0.3, -0.25) is 9.69 Å². The lowest BCUT2D eigenvalue weighted by atomic mass is 9.81. The highest BCUT2D eigenvalue weighted by Crippen LogP contribution is 2.33. The standard InChI is InChI=1S/C13H25N3O2/c1-11-10-13(12(17)18-3,4-7-15(11)2)16-8-5-14-6-9-16/h11,14H,4-10H2,1-3H3. The van der Waals surface area contributed by atoms with Crippen LogP contribution in [0.1, 0.15) is 19.8 Å². The van der Waals surface area contributed by atoms with Crippen LogP contribution in [-0.2, 0) is 9.53 Å². The molecule has 2 fully saturated rings. The number of carbonyl (C=O) groups excluding carboxylic acids is 1. The fourth-order valence-electron chi connectivity index (χ4n) is 3.21. The SMILES string of the molecule is COC(=O)C1(N2CCNCC2)CCN(C)C(C)C1. The molecule has 0 saturated carbocycles. The van der Waals surface area contributed by atoms with Gasteiger partial charge >= 0.3 is 5.97 Å². The molecule has 0 bridgehead atoms. The monoisotopic (exact) mass is 255 g/mol. The molecule has 0 aromatic rings. The normalized spacial score (nSPS) is 35.4. The van der Waals surface area contributed by atoms with Gasteiger partial charge in [0.15, 0.2) is 0 Å². The van der Waals surface area contributed by atoms with Crippen molar-refractivity contribution in [1.82, 2.24) is 15.1 Å². The van der Waals surface area contributed by atoms with Crippen LogP contribution in [0.4, 0.5) is 0 Å². The van der Waals surface area contributed by atoms with Crippen molar-refractivity contribution in [3.63, 3.8) is 0 Å². The second kappa shape index (κ2) is 5.55. The molecule has 104 valence electrons. The van der Waals surface area contributed by atoms with E-state index in [1.165, 1.54) is 7.11 Å². The molecular weight excluding hydrogens is 230 g/mol. The fourth-order valence-corrected chi connectivity index (χ4v) is 3.21. The van der Waals surface area contributed by atoms with E-state index in [0.29, 0.717) is 6.04 Å². The molecule has 18 heavy (non-hydrogen) atoms. The zero-order valence-electron chi connectivity index (χ0n) is 11.7. The van der Waals surface area contributed by atoms with E-state index in [2.05, 4.69) is 29.1 Å². The average Bonchev–Trinajstić information content (AvgIpc) is 2.42. The highest BCUT2D eigenvalue weighted by Gasteiger charge is 2.48. The van der Waals surface area contributed by atoms with Crippen LogP contribution in [0.15, 0.2) is 0 Å². The molecule has 1 N–H and O–H groups in total. The minimum Gasteiger partial charge on any atom is -0.468 e. The van der Waals surface area contributed by atoms with Crippen LogP contribution in [0.25, 0.3) is 0 Å². The zero-order valence-corrected chi connectivity index (χ0v) is 11.7. The summed E-state index contributed by atoms with van der Waals surface area (Å²) in [6.45, 7) is 6.95. The number of esters is 1. The Labute approximate surface area is 109 Å². The van der Waals surface area contributed by atoms with Crippen LogP contribution in [0.5, 0.6) is 0 Å². The summed E-state index contributed by atoms with van der Waals surface area (Å²) in [4.78, 5) is 17.0. The third-order valence-corrected chi connectivity index (χ3v) is 4.55. The maximum Gasteiger partial charge on any atom is 0.326 e. The maximum atomic E-state index is 12.3. The molecule has 0 radical (unpaired) electrons. The Morgan fingerprint density at radius 3 is 2.56 bits per heavy atom. The number of nitrogens with one attached hydrogen (secondary N) is 1. The van der Waals surface area contributed by atoms with Crippen LogP contribution >= 0.6 is 0 Å². The van der Waals surface area contributed by atoms with E-state index in [0.717, 1.165) is 45.6 Å². The molecule has 2 saturated heterocycles. The Bertz CT molecular complexity index is 305. The first-order chi connectivity index (χ1) is 8.60. The molecule has 2 aliphatic rings. The molecule has 2 atom stereocenters. The smallest absolute Gasteiger partial charge is 0.326 e. The number of hydrogen-bond donors (Lipinski definition) is 1. The largest absolute Gasteiger partial charge is 0.468 e. The van der Waals surface area contributed by atoms with E-state index in [-0.39, 0.29) is 5.97 Å². The number of hydrogen-bond acceptors (Lipinski definition) is 5. The van der Waals surface area contributed by atoms with E-state index >= 15 is 0 Å². The Kier molecular flexibility index (Phi) is 4.25. The van der Waals surface area contributed by atoms with Gasteiger partial charge in [0.2, 0.25) is 0 Å². The Morgan fingerprint density at radius 2 is 2.00 bits per heavy atom. The number of carbonyl (C=O) groups is 1. The van der Waals surface area contributed by atoms with E-state index in [4.69, 9.17) is 4.74 Å². The third kappa shape index (κ3) is 2.39. The molecule has 2 aliphatic heterocycles. The first-order valence-electron chi connectivity index (χ1n) is 6.84. The van der Waals surface area contributed by atoms with Crippen molar-refractivity contribution in [3.8, 4) is 0 Å². The van der Waals surface area contributed by atoms with Crippen molar-refractivity contribution in [1.29, 1.82) is 0 Å². The van der Waals surface area contributed by atoms with E-state index < -0.39 is 5.54 Å². The van der Waals surface area contributed by atoms with E-state index in [1.54, 1.807) is 0 Å². The molecule has 2 rings (SSSR count). The van der Waals surface area contributed by atoms with Gasteiger partial charge in [-0.15, -0.1) is 0 Å². The zero-order chi connectivity index (χ0) is 13.2. The lowest BCUT2D eigenvalue weighted by Crippen LogP contribution is -2.65. The summed E-state index contributed by atoms with van der Waals surface area (Å²) in [5.74, 6) is -0.0515. The summed E-state index contributed by atoms with van der Waals surface area (Å²) in [6, 6.07) is 0.424. The summed E-state index contributed by atoms with van der Waals surface area (Å²) in [6.07, 6.45) is 1.75. The van der Waals surface area contributed by atoms with Gasteiger partial charge in [0.1, 0.15) is 5.54 Å². The third-order valence-electron chi connectivity index (χ3n) is 4.55. The quantitative estimate of drug-likeness (QED) is 0.699. The van der Waals surface area contributed by atoms with Gasteiger partial charge in [0, 0.05) is 38.8 Å². The van der Waals surface area contributed by atoms with Gasteiger partial charge in [0.25, 0.3) is 0 Å². The summed E-state index contributed by atoms with van der Waals surface area (Å²) in [7, 11) is 3.64. The number of likely N-dealkylation sites (tertiary alicyclic amines) is 1. The fraction of sp³-hybridized carbons (Fsp3) is 0.923. The lowest BCUT2D eigenvalue weighted by Gasteiger charge is -2.49. The lowest BCUT2D eigenvalue weighted by molar-refractivity contribution is -0.161. The van der Waals surface area contributed by atoms with Crippen LogP contribution in [0, 0.1) is 0 Å². The summed E-state index contributed by atoms with van der Waals surface area (Å²) >= 11 is 0. The van der Waals surface area contributed by atoms with Gasteiger partial charge in [0.05, 0.1) is 7.11 Å². The molecule has 0 spiro atoms. The first-order valence-corrected chi connectivity index (χ1v) is 6.84. The molecule has 5 heteroatoms. The topological polar surface area (TPSA) is 44.8 Å². The minimum absolute atomic E-state index is 0.0515. The second-order valence-corrected chi connectivity index (χ2v) is 5.54. The van der Waals surface area contributed by atoms with Crippen LogP contribution < -0.4 is 5.32 Å². The molecule has 2 unspecified atom stereocenters. The van der Waals surface area contributed by atoms with Gasteiger partial charge in [-0.25, -0.2) is 0 Å². The number of rotatable bonds is 2. The maximum absolute atomic E-state index is 12.3. The molecule has 0 aromatic carbocycles. The number of nitrogens with zero attached hydrogens (tertiary/aromatic N) is 2. The highest BCUT2D eigenvalue weighted by molar-refractivity contribution is 5.81. The van der Waals surface area contributed by atoms with Crippen molar-refractivity contribution in [2.45, 2.75) is 31.3 Å². The predicted octanol–water partition coefficient (Wildman–Crippen LogP) is -0.0825. The summed E-state index contributed by atoms with van der Waals surface area (Å²) in [5, 5.41) is 3.34. The van der Waals surface area contributed by atoms with Crippen molar-refractivity contribution < 1.29 is 9.53 Å². The highest BCUT2D eigenvalue weighted by atomic mass is 16.5. The van der Waals surface area contributed by atoms with Gasteiger partial charge in [-0.1, -0.05) is 0 Å². The van der Waals surface area contributed by atoms with Crippen LogP contribution in [-0.4, -0.2) is 74.2 Å². The Balaban J connectivity index is 2.20. The molecule has 0 aliphatic carbocycles. The minimum atomic E-state index is -0.400. The van der Waals surface area contributed by atoms with Gasteiger partial charge in [-0.2, -0.15) is 0 Å². The van der Waals surface area contributed by atoms with Crippen molar-refractivity contribution in [2.75, 3.05) is 46.9 Å². The van der Waals surface area contributed by atoms with Crippen molar-refractivity contribution >= 4 is 5.97 Å². The van der Waals surface area contributed by atoms with E-state index in [9.17, 15) is 4.79 Å². The van der Waals surface area contributed by atoms with Gasteiger partial charge in [-0.05, 0) is 26.8 Å². The summed E-state index contributed by atoms with van der Waals surface area (Å²) < 4.78 is 5.11. The predicted molar refractivity (Wildman–Crippen MR) is 70.5 cm³/mol. The molecular formula is C13H25N3O2. The second-order valence-electron chi connectivity index (χ2n) is 5.54. The van der Waals surface area contributed by atoms with E-state index in [1.807, 2.05) is 0 Å². The molecule has 0 aromatic heterocycles. The summed E-state index contributed by atoms with van der Waals surface area (Å²) in [5.41, 5.74) is -0.400. The number of piperazine rings is 1. The first kappa shape index (κ1) is 13.8. The number of methoxy groups -OCH3 is 1. The Morgan fingerprint density at radius 1 is 1.33 bits per heavy atom. The van der Waals surface area contributed by atoms with Crippen molar-refractivity contribution in [3.05, 3.63) is 0 Å². The average molecular weight is 255 g/mol. The Hall–Kier alpha value is -0.650. The number of piperidine rings is 1. The van der Waals surface area contributed by atoms with Crippen LogP contribution in [0.2, 0.25) is 0 Å². The van der Waals surface area contributed by atoms with Crippen LogP contribution in [0.3, 0.4) is 0 Å². The number of ether oxygens (including phenoxy) is 1. The van der Waals surface area contributed by atoms with Crippen molar-refractivity contribution in [2.24, 2.45) is 0 Å². The van der Waals surface area contributed by atoms with Gasteiger partial charge < -0.3 is 15.0 Å². The molecule has 2 heterocycles. The molecule has 0 amide bonds.